The molecule has 0 aliphatic carbocycles. The zero-order valence-corrected chi connectivity index (χ0v) is 15.2. The van der Waals surface area contributed by atoms with Crippen LogP contribution in [0, 0.1) is 0 Å². The molecule has 1 aromatic heterocycles. The normalized spacial score (nSPS) is 18.3. The van der Waals surface area contributed by atoms with E-state index in [9.17, 15) is 4.79 Å². The number of rotatable bonds is 4. The molecule has 2 aliphatic rings. The number of nitrogens with zero attached hydrogens (tertiary/aromatic N) is 4. The molecular formula is C21H26N4O. The standard InChI is InChI=1S/C21H26N4O/c26-21(19-5-3-18(4-6-19)17-23-11-1-2-12-23)25-15-13-24(14-16-25)20-7-9-22-10-8-20/h3-10H,1-2,11-17H2. The van der Waals surface area contributed by atoms with E-state index in [-0.39, 0.29) is 5.91 Å². The van der Waals surface area contributed by atoms with Crippen molar-refractivity contribution in [3.63, 3.8) is 0 Å². The highest BCUT2D eigenvalue weighted by Crippen LogP contribution is 2.17. The van der Waals surface area contributed by atoms with Crippen LogP contribution in [0.4, 0.5) is 5.69 Å². The Kier molecular flexibility index (Phi) is 5.16. The van der Waals surface area contributed by atoms with Gasteiger partial charge in [-0.25, -0.2) is 0 Å². The lowest BCUT2D eigenvalue weighted by Gasteiger charge is -2.36. The summed E-state index contributed by atoms with van der Waals surface area (Å²) in [5.41, 5.74) is 3.27. The van der Waals surface area contributed by atoms with Crippen molar-refractivity contribution in [2.45, 2.75) is 19.4 Å². The second-order valence-electron chi connectivity index (χ2n) is 7.16. The Morgan fingerprint density at radius 3 is 2.15 bits per heavy atom. The summed E-state index contributed by atoms with van der Waals surface area (Å²) in [6.07, 6.45) is 6.25. The number of benzene rings is 1. The summed E-state index contributed by atoms with van der Waals surface area (Å²) in [5, 5.41) is 0. The van der Waals surface area contributed by atoms with Crippen LogP contribution in [-0.2, 0) is 6.54 Å². The average molecular weight is 350 g/mol. The Labute approximate surface area is 155 Å². The quantitative estimate of drug-likeness (QED) is 0.850. The van der Waals surface area contributed by atoms with Crippen LogP contribution in [0.5, 0.6) is 0 Å². The highest BCUT2D eigenvalue weighted by Gasteiger charge is 2.22. The molecule has 0 unspecified atom stereocenters. The third-order valence-corrected chi connectivity index (χ3v) is 5.40. The lowest BCUT2D eigenvalue weighted by atomic mass is 10.1. The van der Waals surface area contributed by atoms with Gasteiger partial charge in [0.15, 0.2) is 0 Å². The van der Waals surface area contributed by atoms with Gasteiger partial charge in [0.25, 0.3) is 5.91 Å². The molecule has 0 radical (unpaired) electrons. The highest BCUT2D eigenvalue weighted by molar-refractivity contribution is 5.94. The fourth-order valence-corrected chi connectivity index (χ4v) is 3.86. The van der Waals surface area contributed by atoms with Crippen molar-refractivity contribution >= 4 is 11.6 Å². The molecule has 5 nitrogen and oxygen atoms in total. The molecule has 0 atom stereocenters. The van der Waals surface area contributed by atoms with E-state index in [1.165, 1.54) is 37.2 Å². The number of carbonyl (C=O) groups excluding carboxylic acids is 1. The molecule has 1 amide bonds. The van der Waals surface area contributed by atoms with Gasteiger partial charge in [-0.15, -0.1) is 0 Å². The average Bonchev–Trinajstić information content (AvgIpc) is 3.22. The maximum atomic E-state index is 12.8. The van der Waals surface area contributed by atoms with E-state index in [2.05, 4.69) is 26.9 Å². The van der Waals surface area contributed by atoms with Crippen LogP contribution in [0.2, 0.25) is 0 Å². The molecule has 4 rings (SSSR count). The first-order chi connectivity index (χ1) is 12.8. The summed E-state index contributed by atoms with van der Waals surface area (Å²) < 4.78 is 0. The van der Waals surface area contributed by atoms with Crippen LogP contribution >= 0.6 is 0 Å². The van der Waals surface area contributed by atoms with Crippen molar-refractivity contribution in [3.8, 4) is 0 Å². The van der Waals surface area contributed by atoms with Gasteiger partial charge >= 0.3 is 0 Å². The van der Waals surface area contributed by atoms with Crippen LogP contribution in [0.15, 0.2) is 48.8 Å². The van der Waals surface area contributed by atoms with Gasteiger partial charge in [-0.2, -0.15) is 0 Å². The van der Waals surface area contributed by atoms with Gasteiger partial charge in [0, 0.05) is 56.4 Å². The molecule has 136 valence electrons. The SMILES string of the molecule is O=C(c1ccc(CN2CCCC2)cc1)N1CCN(c2ccncc2)CC1. The Balaban J connectivity index is 1.33. The van der Waals surface area contributed by atoms with Gasteiger partial charge in [0.05, 0.1) is 0 Å². The maximum absolute atomic E-state index is 12.8. The summed E-state index contributed by atoms with van der Waals surface area (Å²) in [6, 6.07) is 12.2. The van der Waals surface area contributed by atoms with E-state index < -0.39 is 0 Å². The minimum Gasteiger partial charge on any atom is -0.368 e. The first-order valence-corrected chi connectivity index (χ1v) is 9.55. The predicted molar refractivity (Wildman–Crippen MR) is 103 cm³/mol. The van der Waals surface area contributed by atoms with Crippen LogP contribution < -0.4 is 4.90 Å². The molecule has 2 aliphatic heterocycles. The molecule has 0 spiro atoms. The van der Waals surface area contributed by atoms with Crippen LogP contribution in [0.25, 0.3) is 0 Å². The molecular weight excluding hydrogens is 324 g/mol. The zero-order valence-electron chi connectivity index (χ0n) is 15.2. The van der Waals surface area contributed by atoms with E-state index in [1.54, 1.807) is 0 Å². The Morgan fingerprint density at radius 2 is 1.50 bits per heavy atom. The number of pyridine rings is 1. The second-order valence-corrected chi connectivity index (χ2v) is 7.16. The molecule has 2 saturated heterocycles. The number of anilines is 1. The summed E-state index contributed by atoms with van der Waals surface area (Å²) in [6.45, 7) is 6.64. The maximum Gasteiger partial charge on any atom is 0.253 e. The van der Waals surface area contributed by atoms with E-state index in [0.717, 1.165) is 38.3 Å². The molecule has 5 heteroatoms. The number of likely N-dealkylation sites (tertiary alicyclic amines) is 1. The number of carbonyl (C=O) groups is 1. The first kappa shape index (κ1) is 17.0. The lowest BCUT2D eigenvalue weighted by molar-refractivity contribution is 0.0747. The molecule has 0 saturated carbocycles. The van der Waals surface area contributed by atoms with Crippen molar-refractivity contribution in [2.75, 3.05) is 44.2 Å². The van der Waals surface area contributed by atoms with Gasteiger partial charge < -0.3 is 9.80 Å². The number of amides is 1. The fraction of sp³-hybridized carbons (Fsp3) is 0.429. The third-order valence-electron chi connectivity index (χ3n) is 5.40. The van der Waals surface area contributed by atoms with Crippen molar-refractivity contribution in [1.82, 2.24) is 14.8 Å². The van der Waals surface area contributed by atoms with Crippen LogP contribution in [-0.4, -0.2) is 60.0 Å². The van der Waals surface area contributed by atoms with Gasteiger partial charge in [-0.3, -0.25) is 14.7 Å². The number of aromatic nitrogens is 1. The van der Waals surface area contributed by atoms with Gasteiger partial charge in [0.1, 0.15) is 0 Å². The van der Waals surface area contributed by atoms with Crippen molar-refractivity contribution in [3.05, 3.63) is 59.9 Å². The minimum absolute atomic E-state index is 0.145. The molecule has 0 N–H and O–H groups in total. The summed E-state index contributed by atoms with van der Waals surface area (Å²) in [5.74, 6) is 0.145. The van der Waals surface area contributed by atoms with E-state index in [4.69, 9.17) is 0 Å². The summed E-state index contributed by atoms with van der Waals surface area (Å²) in [7, 11) is 0. The molecule has 0 bridgehead atoms. The summed E-state index contributed by atoms with van der Waals surface area (Å²) >= 11 is 0. The summed E-state index contributed by atoms with van der Waals surface area (Å²) in [4.78, 5) is 23.6. The molecule has 1 aromatic carbocycles. The fourth-order valence-electron chi connectivity index (χ4n) is 3.86. The molecule has 3 heterocycles. The molecule has 26 heavy (non-hydrogen) atoms. The van der Waals surface area contributed by atoms with E-state index in [1.807, 2.05) is 41.6 Å². The van der Waals surface area contributed by atoms with Crippen LogP contribution in [0.1, 0.15) is 28.8 Å². The van der Waals surface area contributed by atoms with E-state index >= 15 is 0 Å². The lowest BCUT2D eigenvalue weighted by Crippen LogP contribution is -2.48. The predicted octanol–water partition coefficient (Wildman–Crippen LogP) is 2.64. The van der Waals surface area contributed by atoms with Crippen molar-refractivity contribution < 1.29 is 4.79 Å². The highest BCUT2D eigenvalue weighted by atomic mass is 16.2. The Hall–Kier alpha value is -2.40. The molecule has 2 fully saturated rings. The van der Waals surface area contributed by atoms with Crippen LogP contribution in [0.3, 0.4) is 0 Å². The largest absolute Gasteiger partial charge is 0.368 e. The number of hydrogen-bond acceptors (Lipinski definition) is 4. The number of piperazine rings is 1. The minimum atomic E-state index is 0.145. The van der Waals surface area contributed by atoms with Gasteiger partial charge in [0.2, 0.25) is 0 Å². The Bertz CT molecular complexity index is 717. The number of hydrogen-bond donors (Lipinski definition) is 0. The first-order valence-electron chi connectivity index (χ1n) is 9.55. The smallest absolute Gasteiger partial charge is 0.253 e. The van der Waals surface area contributed by atoms with Gasteiger partial charge in [-0.1, -0.05) is 12.1 Å². The monoisotopic (exact) mass is 350 g/mol. The zero-order chi connectivity index (χ0) is 17.8. The van der Waals surface area contributed by atoms with Gasteiger partial charge in [-0.05, 0) is 55.8 Å². The topological polar surface area (TPSA) is 39.7 Å². The Morgan fingerprint density at radius 1 is 0.846 bits per heavy atom. The van der Waals surface area contributed by atoms with Crippen molar-refractivity contribution in [2.24, 2.45) is 0 Å². The van der Waals surface area contributed by atoms with E-state index in [0.29, 0.717) is 0 Å². The second kappa shape index (κ2) is 7.87. The molecule has 2 aromatic rings. The van der Waals surface area contributed by atoms with Crippen molar-refractivity contribution in [1.29, 1.82) is 0 Å². The third kappa shape index (κ3) is 3.88.